The van der Waals surface area contributed by atoms with Crippen LogP contribution in [0.2, 0.25) is 0 Å². The number of carbonyl (C=O) groups excluding carboxylic acids is 1. The van der Waals surface area contributed by atoms with Crippen LogP contribution in [0.1, 0.15) is 27.6 Å². The zero-order valence-electron chi connectivity index (χ0n) is 38.0. The quantitative estimate of drug-likeness (QED) is 0.162. The molecule has 0 atom stereocenters. The molecular formula is C52H54N12O3. The van der Waals surface area contributed by atoms with Gasteiger partial charge in [0.15, 0.2) is 11.3 Å². The Kier molecular flexibility index (Phi) is 12.1. The maximum atomic E-state index is 13.1. The summed E-state index contributed by atoms with van der Waals surface area (Å²) in [5.74, 6) is 1.87. The summed E-state index contributed by atoms with van der Waals surface area (Å²) in [5, 5.41) is 0. The summed E-state index contributed by atoms with van der Waals surface area (Å²) < 4.78 is 14.8. The van der Waals surface area contributed by atoms with Gasteiger partial charge in [0, 0.05) is 112 Å². The summed E-state index contributed by atoms with van der Waals surface area (Å²) in [5.41, 5.74) is 11.3. The van der Waals surface area contributed by atoms with Crippen LogP contribution in [0.3, 0.4) is 0 Å². The molecule has 0 saturated carbocycles. The molecule has 0 aliphatic carbocycles. The molecule has 0 radical (unpaired) electrons. The molecule has 10 heterocycles. The molecular weight excluding hydrogens is 841 g/mol. The second kappa shape index (κ2) is 18.9. The molecule has 67 heavy (non-hydrogen) atoms. The number of carbonyl (C=O) groups is 1. The van der Waals surface area contributed by atoms with Crippen molar-refractivity contribution >= 4 is 28.2 Å². The van der Waals surface area contributed by atoms with Gasteiger partial charge >= 0.3 is 0 Å². The summed E-state index contributed by atoms with van der Waals surface area (Å²) in [4.78, 5) is 50.0. The van der Waals surface area contributed by atoms with E-state index >= 15 is 0 Å². The molecule has 0 bridgehead atoms. The lowest BCUT2D eigenvalue weighted by Gasteiger charge is -2.42. The van der Waals surface area contributed by atoms with Crippen LogP contribution < -0.4 is 0 Å². The minimum Gasteiger partial charge on any atom is -0.378 e. The molecule has 0 unspecified atom stereocenters. The van der Waals surface area contributed by atoms with Crippen molar-refractivity contribution in [2.45, 2.75) is 32.5 Å². The summed E-state index contributed by atoms with van der Waals surface area (Å²) in [6.07, 6.45) is 7.12. The van der Waals surface area contributed by atoms with Crippen molar-refractivity contribution in [3.05, 3.63) is 145 Å². The van der Waals surface area contributed by atoms with Gasteiger partial charge in [-0.2, -0.15) is 0 Å². The van der Waals surface area contributed by atoms with E-state index in [-0.39, 0.29) is 5.91 Å². The summed E-state index contributed by atoms with van der Waals surface area (Å²) >= 11 is 0. The number of nitrogens with zero attached hydrogens (tertiary/aromatic N) is 12. The predicted molar refractivity (Wildman–Crippen MR) is 257 cm³/mol. The van der Waals surface area contributed by atoms with E-state index in [9.17, 15) is 4.79 Å². The van der Waals surface area contributed by atoms with Crippen LogP contribution in [-0.4, -0.2) is 155 Å². The highest BCUT2D eigenvalue weighted by Gasteiger charge is 2.31. The van der Waals surface area contributed by atoms with Crippen LogP contribution >= 0.6 is 0 Å². The number of fused-ring (bicyclic) bond motifs is 2. The van der Waals surface area contributed by atoms with Crippen molar-refractivity contribution in [1.82, 2.24) is 58.6 Å². The molecule has 0 N–H and O–H groups in total. The number of hydrogen-bond donors (Lipinski definition) is 0. The number of aromatic nitrogens is 8. The third-order valence-corrected chi connectivity index (χ3v) is 13.6. The Bertz CT molecular complexity index is 2970. The number of pyridine rings is 4. The van der Waals surface area contributed by atoms with E-state index in [1.54, 1.807) is 24.8 Å². The van der Waals surface area contributed by atoms with Crippen molar-refractivity contribution in [3.8, 4) is 33.9 Å². The summed E-state index contributed by atoms with van der Waals surface area (Å²) in [7, 11) is 0. The molecule has 4 saturated heterocycles. The van der Waals surface area contributed by atoms with Gasteiger partial charge in [-0.15, -0.1) is 0 Å². The van der Waals surface area contributed by atoms with E-state index in [2.05, 4.69) is 58.5 Å². The molecule has 4 aliphatic heterocycles. The Balaban J connectivity index is 0.000000148. The third-order valence-electron chi connectivity index (χ3n) is 13.6. The van der Waals surface area contributed by atoms with Crippen LogP contribution in [0, 0.1) is 13.8 Å². The van der Waals surface area contributed by atoms with Gasteiger partial charge in [-0.25, -0.2) is 19.9 Å². The largest absolute Gasteiger partial charge is 0.378 e. The molecule has 8 aromatic rings. The lowest BCUT2D eigenvalue weighted by molar-refractivity contribution is -0.0774. The van der Waals surface area contributed by atoms with Gasteiger partial charge < -0.3 is 14.4 Å². The topological polar surface area (TPSA) is 136 Å². The minimum absolute atomic E-state index is 0.0846. The Morgan fingerprint density at radius 3 is 1.42 bits per heavy atom. The highest BCUT2D eigenvalue weighted by Crippen LogP contribution is 2.27. The molecule has 6 aromatic heterocycles. The highest BCUT2D eigenvalue weighted by molar-refractivity contribution is 5.94. The SMILES string of the molecule is Cc1nc2ccc(-c3ccncc3)nc2n1-c1ccc(C(=O)N2CCN(C3COC3)CC2)cc1.Cc1nc2ccc(-c3ccncc3)nc2n1-c1ccc(CN2CCN(C3COC3)CC2)cc1. The average molecular weight is 895 g/mol. The Hall–Kier alpha value is -6.75. The monoisotopic (exact) mass is 894 g/mol. The molecule has 12 rings (SSSR count). The fourth-order valence-corrected chi connectivity index (χ4v) is 9.52. The van der Waals surface area contributed by atoms with Crippen molar-refractivity contribution in [3.63, 3.8) is 0 Å². The molecule has 15 nitrogen and oxygen atoms in total. The van der Waals surface area contributed by atoms with Crippen molar-refractivity contribution < 1.29 is 14.3 Å². The third kappa shape index (κ3) is 8.96. The Morgan fingerprint density at radius 2 is 0.970 bits per heavy atom. The van der Waals surface area contributed by atoms with Gasteiger partial charge in [0.25, 0.3) is 5.91 Å². The second-order valence-electron chi connectivity index (χ2n) is 17.8. The molecule has 15 heteroatoms. The second-order valence-corrected chi connectivity index (χ2v) is 17.8. The van der Waals surface area contributed by atoms with E-state index in [1.807, 2.05) is 96.1 Å². The zero-order valence-corrected chi connectivity index (χ0v) is 38.0. The standard InChI is InChI=1S/C26H26N6O2.C26H28N6O/c1-18-28-24-7-6-23(19-8-10-27-11-9-19)29-25(24)32(18)21-4-2-20(3-5-21)26(33)31-14-12-30(13-15-31)22-16-34-17-22;1-19-28-25-7-6-24(21-8-10-27-11-9-21)29-26(25)32(19)22-4-2-20(3-5-22)16-30-12-14-31(15-13-30)23-17-33-18-23/h2-11,22H,12-17H2,1H3;2-11,23H,12-18H2,1H3. The highest BCUT2D eigenvalue weighted by atomic mass is 16.5. The maximum absolute atomic E-state index is 13.1. The lowest BCUT2D eigenvalue weighted by Crippen LogP contribution is -2.57. The zero-order chi connectivity index (χ0) is 45.3. The first-order valence-corrected chi connectivity index (χ1v) is 23.3. The van der Waals surface area contributed by atoms with Crippen LogP contribution in [0.15, 0.2) is 122 Å². The van der Waals surface area contributed by atoms with Gasteiger partial charge in [-0.3, -0.25) is 38.6 Å². The number of imidazole rings is 2. The summed E-state index contributed by atoms with van der Waals surface area (Å²) in [6, 6.07) is 33.7. The Morgan fingerprint density at radius 1 is 0.522 bits per heavy atom. The van der Waals surface area contributed by atoms with Crippen molar-refractivity contribution in [2.24, 2.45) is 0 Å². The Labute approximate surface area is 389 Å². The fraction of sp³-hybridized carbons (Fsp3) is 0.327. The van der Waals surface area contributed by atoms with Crippen LogP contribution in [0.4, 0.5) is 0 Å². The molecule has 4 fully saturated rings. The summed E-state index contributed by atoms with van der Waals surface area (Å²) in [6.45, 7) is 16.3. The van der Waals surface area contributed by atoms with E-state index < -0.39 is 0 Å². The number of piperazine rings is 2. The number of ether oxygens (including phenoxy) is 2. The van der Waals surface area contributed by atoms with E-state index in [4.69, 9.17) is 24.4 Å². The van der Waals surface area contributed by atoms with Gasteiger partial charge in [-0.05, 0) is 104 Å². The first kappa shape index (κ1) is 42.9. The predicted octanol–water partition coefficient (Wildman–Crippen LogP) is 6.25. The van der Waals surface area contributed by atoms with Gasteiger partial charge in [0.05, 0.1) is 49.9 Å². The molecule has 2 aromatic carbocycles. The smallest absolute Gasteiger partial charge is 0.253 e. The minimum atomic E-state index is 0.0846. The van der Waals surface area contributed by atoms with Crippen LogP contribution in [-0.2, 0) is 16.0 Å². The first-order valence-electron chi connectivity index (χ1n) is 23.3. The van der Waals surface area contributed by atoms with Crippen molar-refractivity contribution in [1.29, 1.82) is 0 Å². The number of benzene rings is 2. The van der Waals surface area contributed by atoms with Gasteiger partial charge in [-0.1, -0.05) is 12.1 Å². The first-order chi connectivity index (χ1) is 32.9. The normalized spacial score (nSPS) is 17.6. The number of amides is 1. The van der Waals surface area contributed by atoms with Crippen LogP contribution in [0.5, 0.6) is 0 Å². The average Bonchev–Trinajstić information content (AvgIpc) is 3.86. The van der Waals surface area contributed by atoms with E-state index in [0.717, 1.165) is 153 Å². The number of rotatable bonds is 9. The number of aryl methyl sites for hydroxylation is 2. The van der Waals surface area contributed by atoms with Gasteiger partial charge in [0.2, 0.25) is 0 Å². The van der Waals surface area contributed by atoms with Crippen LogP contribution in [0.25, 0.3) is 56.2 Å². The molecule has 340 valence electrons. The van der Waals surface area contributed by atoms with E-state index in [0.29, 0.717) is 17.6 Å². The number of hydrogen-bond acceptors (Lipinski definition) is 12. The van der Waals surface area contributed by atoms with E-state index in [1.165, 1.54) is 5.56 Å². The maximum Gasteiger partial charge on any atom is 0.253 e. The van der Waals surface area contributed by atoms with Gasteiger partial charge in [0.1, 0.15) is 22.7 Å². The fourth-order valence-electron chi connectivity index (χ4n) is 9.52. The molecule has 0 spiro atoms. The molecule has 1 amide bonds. The molecule has 4 aliphatic rings. The lowest BCUT2D eigenvalue weighted by atomic mass is 10.1. The van der Waals surface area contributed by atoms with Crippen molar-refractivity contribution in [2.75, 3.05) is 78.8 Å².